The van der Waals surface area contributed by atoms with E-state index in [-0.39, 0.29) is 6.42 Å². The lowest BCUT2D eigenvalue weighted by atomic mass is 10.0. The molecule has 1 rings (SSSR count). The van der Waals surface area contributed by atoms with E-state index in [4.69, 9.17) is 4.74 Å². The summed E-state index contributed by atoms with van der Waals surface area (Å²) < 4.78 is 40.8. The van der Waals surface area contributed by atoms with E-state index in [1.807, 2.05) is 0 Å². The summed E-state index contributed by atoms with van der Waals surface area (Å²) in [7, 11) is 0. The van der Waals surface area contributed by atoms with Crippen molar-refractivity contribution in [1.82, 2.24) is 5.32 Å². The molecule has 16 heavy (non-hydrogen) atoms. The minimum Gasteiger partial charge on any atom is -0.381 e. The highest BCUT2D eigenvalue weighted by atomic mass is 19.4. The van der Waals surface area contributed by atoms with E-state index in [9.17, 15) is 13.2 Å². The van der Waals surface area contributed by atoms with Gasteiger partial charge >= 0.3 is 6.18 Å². The van der Waals surface area contributed by atoms with Gasteiger partial charge in [0, 0.05) is 19.1 Å². The van der Waals surface area contributed by atoms with Crippen LogP contribution in [0, 0.1) is 5.92 Å². The first-order valence-corrected chi connectivity index (χ1v) is 5.87. The molecule has 1 N–H and O–H groups in total. The number of unbranched alkanes of at least 4 members (excludes halogenated alkanes) is 1. The van der Waals surface area contributed by atoms with Crippen molar-refractivity contribution in [1.29, 1.82) is 0 Å². The number of halogens is 3. The molecule has 2 nitrogen and oxygen atoms in total. The standard InChI is InChI=1S/C11H20F3NO/c1-9(10-4-7-16-8-10)15-6-3-2-5-11(12,13)14/h9-10,15H,2-8H2,1H3. The molecule has 96 valence electrons. The van der Waals surface area contributed by atoms with Crippen molar-refractivity contribution in [2.45, 2.75) is 44.8 Å². The Morgan fingerprint density at radius 3 is 2.69 bits per heavy atom. The molecule has 0 aromatic heterocycles. The molecule has 0 saturated carbocycles. The Bertz CT molecular complexity index is 190. The number of alkyl halides is 3. The minimum absolute atomic E-state index is 0.213. The Balaban J connectivity index is 1.98. The van der Waals surface area contributed by atoms with Crippen molar-refractivity contribution in [3.05, 3.63) is 0 Å². The summed E-state index contributed by atoms with van der Waals surface area (Å²) in [6, 6.07) is 0.341. The molecule has 0 aromatic rings. The number of hydrogen-bond acceptors (Lipinski definition) is 2. The van der Waals surface area contributed by atoms with Gasteiger partial charge in [-0.2, -0.15) is 13.2 Å². The number of nitrogens with one attached hydrogen (secondary N) is 1. The smallest absolute Gasteiger partial charge is 0.381 e. The van der Waals surface area contributed by atoms with Crippen molar-refractivity contribution in [2.24, 2.45) is 5.92 Å². The van der Waals surface area contributed by atoms with Crippen LogP contribution in [0.4, 0.5) is 13.2 Å². The maximum absolute atomic E-state index is 11.9. The molecule has 1 heterocycles. The van der Waals surface area contributed by atoms with Gasteiger partial charge in [0.1, 0.15) is 0 Å². The summed E-state index contributed by atoms with van der Waals surface area (Å²) in [5, 5.41) is 3.26. The predicted octanol–water partition coefficient (Wildman–Crippen LogP) is 2.73. The van der Waals surface area contributed by atoms with Crippen LogP contribution in [0.25, 0.3) is 0 Å². The van der Waals surface area contributed by atoms with Gasteiger partial charge in [-0.15, -0.1) is 0 Å². The molecule has 5 heteroatoms. The Labute approximate surface area is 94.5 Å². The lowest BCUT2D eigenvalue weighted by Crippen LogP contribution is -2.34. The fourth-order valence-corrected chi connectivity index (χ4v) is 1.89. The van der Waals surface area contributed by atoms with Crippen molar-refractivity contribution >= 4 is 0 Å². The second-order valence-corrected chi connectivity index (χ2v) is 4.44. The molecule has 0 amide bonds. The zero-order chi connectivity index (χ0) is 12.0. The summed E-state index contributed by atoms with van der Waals surface area (Å²) in [6.45, 7) is 4.32. The molecule has 1 aliphatic heterocycles. The highest BCUT2D eigenvalue weighted by Crippen LogP contribution is 2.22. The Morgan fingerprint density at radius 1 is 1.38 bits per heavy atom. The fourth-order valence-electron chi connectivity index (χ4n) is 1.89. The van der Waals surface area contributed by atoms with E-state index < -0.39 is 12.6 Å². The van der Waals surface area contributed by atoms with Gasteiger partial charge in [0.2, 0.25) is 0 Å². The molecule has 0 aliphatic carbocycles. The number of rotatable bonds is 6. The van der Waals surface area contributed by atoms with E-state index in [1.165, 1.54) is 0 Å². The quantitative estimate of drug-likeness (QED) is 0.720. The molecule has 1 aliphatic rings. The van der Waals surface area contributed by atoms with Crippen molar-refractivity contribution in [3.8, 4) is 0 Å². The highest BCUT2D eigenvalue weighted by Gasteiger charge is 2.26. The van der Waals surface area contributed by atoms with Crippen LogP contribution in [0.5, 0.6) is 0 Å². The summed E-state index contributed by atoms with van der Waals surface area (Å²) >= 11 is 0. The molecular weight excluding hydrogens is 219 g/mol. The Kier molecular flexibility index (Phi) is 5.55. The second kappa shape index (κ2) is 6.45. The molecule has 0 aromatic carbocycles. The van der Waals surface area contributed by atoms with Gasteiger partial charge in [0.05, 0.1) is 6.61 Å². The minimum atomic E-state index is -4.01. The van der Waals surface area contributed by atoms with E-state index in [1.54, 1.807) is 0 Å². The third kappa shape index (κ3) is 5.70. The van der Waals surface area contributed by atoms with Crippen LogP contribution in [0.2, 0.25) is 0 Å². The molecule has 0 spiro atoms. The van der Waals surface area contributed by atoms with Crippen LogP contribution in [0.3, 0.4) is 0 Å². The Morgan fingerprint density at radius 2 is 2.12 bits per heavy atom. The van der Waals surface area contributed by atoms with Gasteiger partial charge in [-0.3, -0.25) is 0 Å². The largest absolute Gasteiger partial charge is 0.389 e. The maximum Gasteiger partial charge on any atom is 0.389 e. The van der Waals surface area contributed by atoms with Gasteiger partial charge in [-0.05, 0) is 38.6 Å². The lowest BCUT2D eigenvalue weighted by Gasteiger charge is -2.19. The first-order chi connectivity index (χ1) is 7.49. The molecule has 1 saturated heterocycles. The van der Waals surface area contributed by atoms with Crippen LogP contribution in [-0.2, 0) is 4.74 Å². The van der Waals surface area contributed by atoms with Crippen LogP contribution in [0.15, 0.2) is 0 Å². The normalized spacial score (nSPS) is 23.6. The third-order valence-electron chi connectivity index (χ3n) is 3.03. The first kappa shape index (κ1) is 13.8. The topological polar surface area (TPSA) is 21.3 Å². The fraction of sp³-hybridized carbons (Fsp3) is 1.00. The van der Waals surface area contributed by atoms with Gasteiger partial charge in [-0.25, -0.2) is 0 Å². The van der Waals surface area contributed by atoms with Crippen molar-refractivity contribution in [2.75, 3.05) is 19.8 Å². The number of hydrogen-bond donors (Lipinski definition) is 1. The Hall–Kier alpha value is -0.290. The van der Waals surface area contributed by atoms with Crippen molar-refractivity contribution in [3.63, 3.8) is 0 Å². The summed E-state index contributed by atoms with van der Waals surface area (Å²) in [5.74, 6) is 0.516. The van der Waals surface area contributed by atoms with Crippen LogP contribution in [0.1, 0.15) is 32.6 Å². The average molecular weight is 239 g/mol. The van der Waals surface area contributed by atoms with Crippen LogP contribution in [-0.4, -0.2) is 32.0 Å². The number of ether oxygens (including phenoxy) is 1. The maximum atomic E-state index is 11.9. The molecule has 0 radical (unpaired) electrons. The van der Waals surface area contributed by atoms with E-state index in [0.29, 0.717) is 24.9 Å². The highest BCUT2D eigenvalue weighted by molar-refractivity contribution is 4.75. The predicted molar refractivity (Wildman–Crippen MR) is 56.3 cm³/mol. The first-order valence-electron chi connectivity index (χ1n) is 5.87. The molecule has 2 atom stereocenters. The average Bonchev–Trinajstić information content (AvgIpc) is 2.67. The van der Waals surface area contributed by atoms with E-state index in [0.717, 1.165) is 19.6 Å². The monoisotopic (exact) mass is 239 g/mol. The molecule has 1 fully saturated rings. The summed E-state index contributed by atoms with van der Waals surface area (Å²) in [5.41, 5.74) is 0. The second-order valence-electron chi connectivity index (χ2n) is 4.44. The van der Waals surface area contributed by atoms with Crippen LogP contribution >= 0.6 is 0 Å². The SMILES string of the molecule is CC(NCCCCC(F)(F)F)C1CCOC1. The van der Waals surface area contributed by atoms with E-state index in [2.05, 4.69) is 12.2 Å². The van der Waals surface area contributed by atoms with Crippen LogP contribution < -0.4 is 5.32 Å². The zero-order valence-electron chi connectivity index (χ0n) is 9.65. The molecular formula is C11H20F3NO. The summed E-state index contributed by atoms with van der Waals surface area (Å²) in [4.78, 5) is 0. The van der Waals surface area contributed by atoms with Crippen molar-refractivity contribution < 1.29 is 17.9 Å². The third-order valence-corrected chi connectivity index (χ3v) is 3.03. The van der Waals surface area contributed by atoms with Gasteiger partial charge in [0.15, 0.2) is 0 Å². The zero-order valence-corrected chi connectivity index (χ0v) is 9.65. The van der Waals surface area contributed by atoms with Gasteiger partial charge < -0.3 is 10.1 Å². The lowest BCUT2D eigenvalue weighted by molar-refractivity contribution is -0.135. The van der Waals surface area contributed by atoms with E-state index >= 15 is 0 Å². The van der Waals surface area contributed by atoms with Gasteiger partial charge in [0.25, 0.3) is 0 Å². The van der Waals surface area contributed by atoms with Gasteiger partial charge in [-0.1, -0.05) is 0 Å². The molecule has 2 unspecified atom stereocenters. The summed E-state index contributed by atoms with van der Waals surface area (Å²) in [6.07, 6.45) is -2.83. The molecule has 0 bridgehead atoms.